The first-order chi connectivity index (χ1) is 13.5. The lowest BCUT2D eigenvalue weighted by Gasteiger charge is -2.15. The normalized spacial score (nSPS) is 11.1. The van der Waals surface area contributed by atoms with Gasteiger partial charge < -0.3 is 14.2 Å². The van der Waals surface area contributed by atoms with E-state index < -0.39 is 30.5 Å². The summed E-state index contributed by atoms with van der Waals surface area (Å²) in [5.41, 5.74) is 4.85. The van der Waals surface area contributed by atoms with E-state index in [9.17, 15) is 14.4 Å². The third-order valence-electron chi connectivity index (χ3n) is 3.51. The van der Waals surface area contributed by atoms with Gasteiger partial charge >= 0.3 is 5.97 Å². The molecule has 0 bridgehead atoms. The fraction of sp³-hybridized carbons (Fsp3) is 0.250. The molecule has 1 atom stereocenters. The maximum atomic E-state index is 12.0. The first-order valence-corrected chi connectivity index (χ1v) is 8.70. The Morgan fingerprint density at radius 1 is 0.893 bits per heavy atom. The number of carbonyl (C=O) groups is 3. The summed E-state index contributed by atoms with van der Waals surface area (Å²) >= 11 is 0. The van der Waals surface area contributed by atoms with Crippen molar-refractivity contribution in [1.82, 2.24) is 10.9 Å². The van der Waals surface area contributed by atoms with Crippen molar-refractivity contribution in [2.24, 2.45) is 0 Å². The molecule has 0 fully saturated rings. The van der Waals surface area contributed by atoms with Gasteiger partial charge in [0.2, 0.25) is 0 Å². The third-order valence-corrected chi connectivity index (χ3v) is 3.51. The van der Waals surface area contributed by atoms with Crippen LogP contribution in [0, 0.1) is 0 Å². The van der Waals surface area contributed by atoms with Gasteiger partial charge in [-0.05, 0) is 38.1 Å². The van der Waals surface area contributed by atoms with Gasteiger partial charge in [-0.25, -0.2) is 4.79 Å². The Hall–Kier alpha value is -3.55. The Morgan fingerprint density at radius 3 is 2.14 bits per heavy atom. The molecule has 0 unspecified atom stereocenters. The highest BCUT2D eigenvalue weighted by molar-refractivity contribution is 5.95. The molecule has 8 heteroatoms. The van der Waals surface area contributed by atoms with E-state index in [4.69, 9.17) is 14.2 Å². The van der Waals surface area contributed by atoms with Crippen LogP contribution in [0.3, 0.4) is 0 Å². The lowest BCUT2D eigenvalue weighted by Crippen LogP contribution is -2.47. The average Bonchev–Trinajstić information content (AvgIpc) is 2.72. The summed E-state index contributed by atoms with van der Waals surface area (Å²) in [7, 11) is 0. The minimum atomic E-state index is -1.12. The van der Waals surface area contributed by atoms with E-state index in [0.717, 1.165) is 0 Å². The number of rotatable bonds is 8. The van der Waals surface area contributed by atoms with Gasteiger partial charge in [-0.1, -0.05) is 30.3 Å². The number of ether oxygens (including phenoxy) is 3. The van der Waals surface area contributed by atoms with Gasteiger partial charge in [-0.3, -0.25) is 20.4 Å². The molecule has 0 aliphatic heterocycles. The van der Waals surface area contributed by atoms with E-state index in [1.807, 2.05) is 6.92 Å². The number of carbonyl (C=O) groups excluding carboxylic acids is 3. The van der Waals surface area contributed by atoms with Crippen LogP contribution < -0.4 is 20.3 Å². The van der Waals surface area contributed by atoms with Crippen molar-refractivity contribution in [1.29, 1.82) is 0 Å². The highest BCUT2D eigenvalue weighted by Crippen LogP contribution is 2.26. The average molecular weight is 386 g/mol. The van der Waals surface area contributed by atoms with E-state index in [2.05, 4.69) is 10.9 Å². The van der Waals surface area contributed by atoms with Crippen LogP contribution in [0.25, 0.3) is 0 Å². The molecule has 2 amide bonds. The Morgan fingerprint density at radius 2 is 1.50 bits per heavy atom. The lowest BCUT2D eigenvalue weighted by atomic mass is 10.2. The van der Waals surface area contributed by atoms with E-state index in [0.29, 0.717) is 23.7 Å². The predicted octanol–water partition coefficient (Wildman–Crippen LogP) is 1.86. The van der Waals surface area contributed by atoms with Crippen LogP contribution in [0.2, 0.25) is 0 Å². The molecule has 8 nitrogen and oxygen atoms in total. The molecule has 0 spiro atoms. The molecule has 2 rings (SSSR count). The maximum Gasteiger partial charge on any atom is 0.344 e. The van der Waals surface area contributed by atoms with Gasteiger partial charge in [0, 0.05) is 5.56 Å². The van der Waals surface area contributed by atoms with E-state index in [1.54, 1.807) is 54.6 Å². The lowest BCUT2D eigenvalue weighted by molar-refractivity contribution is -0.156. The minimum Gasteiger partial charge on any atom is -0.490 e. The topological polar surface area (TPSA) is 103 Å². The van der Waals surface area contributed by atoms with E-state index in [1.165, 1.54) is 6.92 Å². The van der Waals surface area contributed by atoms with Crippen LogP contribution >= 0.6 is 0 Å². The molecule has 0 saturated heterocycles. The third kappa shape index (κ3) is 6.31. The van der Waals surface area contributed by atoms with Crippen molar-refractivity contribution in [2.75, 3.05) is 13.2 Å². The number of para-hydroxylation sites is 2. The van der Waals surface area contributed by atoms with Gasteiger partial charge in [0.25, 0.3) is 11.8 Å². The van der Waals surface area contributed by atoms with Crippen molar-refractivity contribution in [3.05, 3.63) is 60.2 Å². The Kier molecular flexibility index (Phi) is 7.83. The fourth-order valence-electron chi connectivity index (χ4n) is 2.15. The second-order valence-corrected chi connectivity index (χ2v) is 5.61. The number of hydrogen-bond acceptors (Lipinski definition) is 6. The molecule has 0 aliphatic rings. The summed E-state index contributed by atoms with van der Waals surface area (Å²) in [6, 6.07) is 15.3. The summed E-state index contributed by atoms with van der Waals surface area (Å²) < 4.78 is 15.8. The molecule has 0 aliphatic carbocycles. The molecule has 0 aromatic heterocycles. The van der Waals surface area contributed by atoms with Crippen LogP contribution in [0.1, 0.15) is 24.2 Å². The second kappa shape index (κ2) is 10.6. The molecule has 0 radical (unpaired) electrons. The fourth-order valence-corrected chi connectivity index (χ4v) is 2.15. The maximum absolute atomic E-state index is 12.0. The number of esters is 1. The quantitative estimate of drug-likeness (QED) is 0.530. The van der Waals surface area contributed by atoms with Gasteiger partial charge in [0.15, 0.2) is 24.2 Å². The highest BCUT2D eigenvalue weighted by atomic mass is 16.6. The van der Waals surface area contributed by atoms with Gasteiger partial charge in [0.05, 0.1) is 6.61 Å². The second-order valence-electron chi connectivity index (χ2n) is 5.61. The molecule has 148 valence electrons. The minimum absolute atomic E-state index is 0.383. The number of nitrogens with one attached hydrogen (secondary N) is 2. The van der Waals surface area contributed by atoms with E-state index in [-0.39, 0.29) is 0 Å². The molecule has 2 aromatic rings. The molecular formula is C20H22N2O6. The first kappa shape index (κ1) is 20.8. The zero-order valence-electron chi connectivity index (χ0n) is 15.6. The molecule has 0 saturated carbocycles. The Labute approximate surface area is 162 Å². The smallest absolute Gasteiger partial charge is 0.344 e. The molecule has 2 N–H and O–H groups in total. The van der Waals surface area contributed by atoms with Crippen molar-refractivity contribution >= 4 is 17.8 Å². The van der Waals surface area contributed by atoms with Crippen LogP contribution in [0.5, 0.6) is 11.5 Å². The molecule has 0 heterocycles. The SMILES string of the molecule is CCOc1ccccc1OCC(=O)O[C@H](C)C(=O)NNC(=O)c1ccccc1. The number of hydrogen-bond donors (Lipinski definition) is 2. The van der Waals surface area contributed by atoms with Crippen molar-refractivity contribution in [2.45, 2.75) is 20.0 Å². The van der Waals surface area contributed by atoms with Crippen molar-refractivity contribution in [3.8, 4) is 11.5 Å². The van der Waals surface area contributed by atoms with Crippen LogP contribution in [-0.4, -0.2) is 37.1 Å². The predicted molar refractivity (Wildman–Crippen MR) is 101 cm³/mol. The zero-order chi connectivity index (χ0) is 20.4. The number of benzene rings is 2. The first-order valence-electron chi connectivity index (χ1n) is 8.70. The number of amides is 2. The Bertz CT molecular complexity index is 809. The Balaban J connectivity index is 1.77. The summed E-state index contributed by atoms with van der Waals surface area (Å²) in [4.78, 5) is 35.7. The summed E-state index contributed by atoms with van der Waals surface area (Å²) in [6.07, 6.45) is -1.12. The van der Waals surface area contributed by atoms with Crippen LogP contribution in [-0.2, 0) is 14.3 Å². The number of hydrazine groups is 1. The van der Waals surface area contributed by atoms with Crippen molar-refractivity contribution < 1.29 is 28.6 Å². The molecular weight excluding hydrogens is 364 g/mol. The van der Waals surface area contributed by atoms with E-state index >= 15 is 0 Å². The summed E-state index contributed by atoms with van der Waals surface area (Å²) in [5.74, 6) is -0.986. The van der Waals surface area contributed by atoms with Crippen LogP contribution in [0.15, 0.2) is 54.6 Å². The molecule has 2 aromatic carbocycles. The monoisotopic (exact) mass is 386 g/mol. The standard InChI is InChI=1S/C20H22N2O6/c1-3-26-16-11-7-8-12-17(16)27-13-18(23)28-14(2)19(24)21-22-20(25)15-9-5-4-6-10-15/h4-12,14H,3,13H2,1-2H3,(H,21,24)(H,22,25)/t14-/m1/s1. The van der Waals surface area contributed by atoms with Gasteiger partial charge in [0.1, 0.15) is 0 Å². The zero-order valence-corrected chi connectivity index (χ0v) is 15.6. The molecule has 28 heavy (non-hydrogen) atoms. The highest BCUT2D eigenvalue weighted by Gasteiger charge is 2.19. The summed E-state index contributed by atoms with van der Waals surface area (Å²) in [5, 5.41) is 0. The summed E-state index contributed by atoms with van der Waals surface area (Å²) in [6.45, 7) is 3.28. The van der Waals surface area contributed by atoms with Gasteiger partial charge in [-0.15, -0.1) is 0 Å². The largest absolute Gasteiger partial charge is 0.490 e. The van der Waals surface area contributed by atoms with Crippen molar-refractivity contribution in [3.63, 3.8) is 0 Å². The van der Waals surface area contributed by atoms with Crippen LogP contribution in [0.4, 0.5) is 0 Å². The van der Waals surface area contributed by atoms with Gasteiger partial charge in [-0.2, -0.15) is 0 Å².